The zero-order chi connectivity index (χ0) is 11.4. The summed E-state index contributed by atoms with van der Waals surface area (Å²) < 4.78 is 13.3. The Hall–Kier alpha value is -0.800. The molecule has 0 aromatic heterocycles. The summed E-state index contributed by atoms with van der Waals surface area (Å²) in [6.07, 6.45) is 0.0381. The fourth-order valence-corrected chi connectivity index (χ4v) is 1.89. The van der Waals surface area contributed by atoms with Crippen molar-refractivity contribution < 1.29 is 14.3 Å². The maximum Gasteiger partial charge on any atom is 0.303 e. The van der Waals surface area contributed by atoms with Gasteiger partial charge in [-0.15, -0.1) is 11.6 Å². The molecule has 0 fully saturated rings. The Morgan fingerprint density at radius 1 is 1.53 bits per heavy atom. The van der Waals surface area contributed by atoms with Gasteiger partial charge in [-0.3, -0.25) is 4.79 Å². The second kappa shape index (κ2) is 5.33. The van der Waals surface area contributed by atoms with Crippen LogP contribution in [0.3, 0.4) is 0 Å². The number of aliphatic carboxylic acids is 1. The van der Waals surface area contributed by atoms with Crippen LogP contribution in [-0.2, 0) is 4.79 Å². The predicted octanol–water partition coefficient (Wildman–Crippen LogP) is 3.62. The number of alkyl halides is 1. The maximum atomic E-state index is 13.3. The van der Waals surface area contributed by atoms with Gasteiger partial charge < -0.3 is 5.11 Å². The van der Waals surface area contributed by atoms with Crippen molar-refractivity contribution >= 4 is 29.2 Å². The summed E-state index contributed by atoms with van der Waals surface area (Å²) in [6, 6.07) is 4.25. The molecule has 0 heterocycles. The Labute approximate surface area is 96.6 Å². The third-order valence-electron chi connectivity index (χ3n) is 1.92. The molecular weight excluding hydrogens is 242 g/mol. The standard InChI is InChI=1S/C10H9Cl2FO2/c11-6-2-1-3-8(13)10(6)7(12)4-5-9(14)15/h1-3,7H,4-5H2,(H,14,15)/t7-/m0/s1. The molecule has 0 aliphatic heterocycles. The van der Waals surface area contributed by atoms with Gasteiger partial charge in [0.05, 0.1) is 5.38 Å². The first kappa shape index (κ1) is 12.3. The van der Waals surface area contributed by atoms with Gasteiger partial charge in [-0.05, 0) is 18.6 Å². The molecule has 1 aromatic carbocycles. The fraction of sp³-hybridized carbons (Fsp3) is 0.300. The van der Waals surface area contributed by atoms with E-state index in [1.807, 2.05) is 0 Å². The van der Waals surface area contributed by atoms with Gasteiger partial charge >= 0.3 is 5.97 Å². The highest BCUT2D eigenvalue weighted by Gasteiger charge is 2.17. The molecule has 82 valence electrons. The van der Waals surface area contributed by atoms with Gasteiger partial charge in [-0.25, -0.2) is 4.39 Å². The average Bonchev–Trinajstić information content (AvgIpc) is 2.14. The molecule has 15 heavy (non-hydrogen) atoms. The topological polar surface area (TPSA) is 37.3 Å². The van der Waals surface area contributed by atoms with Crippen molar-refractivity contribution in [1.82, 2.24) is 0 Å². The van der Waals surface area contributed by atoms with Crippen molar-refractivity contribution in [3.8, 4) is 0 Å². The van der Waals surface area contributed by atoms with E-state index in [-0.39, 0.29) is 23.4 Å². The van der Waals surface area contributed by atoms with E-state index >= 15 is 0 Å². The van der Waals surface area contributed by atoms with E-state index in [2.05, 4.69) is 0 Å². The van der Waals surface area contributed by atoms with Crippen LogP contribution in [0.5, 0.6) is 0 Å². The summed E-state index contributed by atoms with van der Waals surface area (Å²) >= 11 is 11.6. The van der Waals surface area contributed by atoms with Gasteiger partial charge in [0.1, 0.15) is 5.82 Å². The lowest BCUT2D eigenvalue weighted by Crippen LogP contribution is -2.01. The van der Waals surface area contributed by atoms with E-state index in [9.17, 15) is 9.18 Å². The van der Waals surface area contributed by atoms with E-state index in [1.54, 1.807) is 0 Å². The molecule has 0 aliphatic rings. The van der Waals surface area contributed by atoms with Crippen molar-refractivity contribution in [1.29, 1.82) is 0 Å². The monoisotopic (exact) mass is 250 g/mol. The van der Waals surface area contributed by atoms with Crippen LogP contribution in [-0.4, -0.2) is 11.1 Å². The number of halogens is 3. The summed E-state index contributed by atoms with van der Waals surface area (Å²) in [5, 5.41) is 7.97. The molecule has 0 radical (unpaired) electrons. The molecule has 0 amide bonds. The number of carboxylic acids is 1. The Morgan fingerprint density at radius 2 is 2.20 bits per heavy atom. The van der Waals surface area contributed by atoms with Crippen molar-refractivity contribution in [2.45, 2.75) is 18.2 Å². The predicted molar refractivity (Wildman–Crippen MR) is 56.9 cm³/mol. The van der Waals surface area contributed by atoms with Gasteiger partial charge in [-0.1, -0.05) is 17.7 Å². The summed E-state index contributed by atoms with van der Waals surface area (Å²) in [7, 11) is 0. The lowest BCUT2D eigenvalue weighted by atomic mass is 10.1. The van der Waals surface area contributed by atoms with Crippen LogP contribution in [0.1, 0.15) is 23.8 Å². The molecule has 2 nitrogen and oxygen atoms in total. The van der Waals surface area contributed by atoms with Crippen LogP contribution >= 0.6 is 23.2 Å². The fourth-order valence-electron chi connectivity index (χ4n) is 1.20. The van der Waals surface area contributed by atoms with Crippen LogP contribution < -0.4 is 0 Å². The Balaban J connectivity index is 2.81. The minimum absolute atomic E-state index is 0.112. The van der Waals surface area contributed by atoms with Crippen LogP contribution in [0.4, 0.5) is 4.39 Å². The second-order valence-corrected chi connectivity index (χ2v) is 3.97. The number of rotatable bonds is 4. The first-order chi connectivity index (χ1) is 7.02. The van der Waals surface area contributed by atoms with Gasteiger partial charge in [0.15, 0.2) is 0 Å². The molecule has 0 saturated carbocycles. The lowest BCUT2D eigenvalue weighted by molar-refractivity contribution is -0.137. The van der Waals surface area contributed by atoms with E-state index in [1.165, 1.54) is 18.2 Å². The number of carbonyl (C=O) groups is 1. The van der Waals surface area contributed by atoms with E-state index in [4.69, 9.17) is 28.3 Å². The third-order valence-corrected chi connectivity index (χ3v) is 2.69. The average molecular weight is 251 g/mol. The first-order valence-corrected chi connectivity index (χ1v) is 5.13. The highest BCUT2D eigenvalue weighted by molar-refractivity contribution is 6.32. The first-order valence-electron chi connectivity index (χ1n) is 4.32. The minimum atomic E-state index is -0.965. The van der Waals surface area contributed by atoms with E-state index in [0.717, 1.165) is 0 Å². The Morgan fingerprint density at radius 3 is 2.73 bits per heavy atom. The number of benzene rings is 1. The van der Waals surface area contributed by atoms with Crippen molar-refractivity contribution in [3.05, 3.63) is 34.6 Å². The Bertz CT molecular complexity index is 348. The highest BCUT2D eigenvalue weighted by atomic mass is 35.5. The van der Waals surface area contributed by atoms with Gasteiger partial charge in [0.25, 0.3) is 0 Å². The number of hydrogen-bond donors (Lipinski definition) is 1. The molecule has 0 bridgehead atoms. The second-order valence-electron chi connectivity index (χ2n) is 3.04. The smallest absolute Gasteiger partial charge is 0.303 e. The Kier molecular flexibility index (Phi) is 4.36. The lowest BCUT2D eigenvalue weighted by Gasteiger charge is -2.11. The van der Waals surface area contributed by atoms with Crippen LogP contribution in [0.15, 0.2) is 18.2 Å². The van der Waals surface area contributed by atoms with Crippen LogP contribution in [0, 0.1) is 5.82 Å². The molecule has 0 unspecified atom stereocenters. The van der Waals surface area contributed by atoms with Crippen LogP contribution in [0.25, 0.3) is 0 Å². The van der Waals surface area contributed by atoms with Gasteiger partial charge in [0.2, 0.25) is 0 Å². The molecule has 5 heteroatoms. The summed E-state index contributed by atoms with van der Waals surface area (Å²) in [5.41, 5.74) is 0.169. The molecule has 1 rings (SSSR count). The molecule has 1 atom stereocenters. The zero-order valence-electron chi connectivity index (χ0n) is 7.71. The molecule has 1 aromatic rings. The quantitative estimate of drug-likeness (QED) is 0.829. The van der Waals surface area contributed by atoms with E-state index < -0.39 is 17.2 Å². The molecule has 0 spiro atoms. The van der Waals surface area contributed by atoms with Crippen molar-refractivity contribution in [2.24, 2.45) is 0 Å². The van der Waals surface area contributed by atoms with Gasteiger partial charge in [0, 0.05) is 17.0 Å². The van der Waals surface area contributed by atoms with Crippen LogP contribution in [0.2, 0.25) is 5.02 Å². The number of carboxylic acid groups (broad SMARTS) is 1. The summed E-state index contributed by atoms with van der Waals surface area (Å²) in [4.78, 5) is 10.3. The summed E-state index contributed by atoms with van der Waals surface area (Å²) in [6.45, 7) is 0. The van der Waals surface area contributed by atoms with Crippen molar-refractivity contribution in [3.63, 3.8) is 0 Å². The third kappa shape index (κ3) is 3.36. The highest BCUT2D eigenvalue weighted by Crippen LogP contribution is 2.33. The molecular formula is C10H9Cl2FO2. The van der Waals surface area contributed by atoms with E-state index in [0.29, 0.717) is 0 Å². The largest absolute Gasteiger partial charge is 0.481 e. The SMILES string of the molecule is O=C(O)CC[C@H](Cl)c1c(F)cccc1Cl. The number of hydrogen-bond acceptors (Lipinski definition) is 1. The molecule has 1 N–H and O–H groups in total. The summed E-state index contributed by atoms with van der Waals surface area (Å²) in [5.74, 6) is -1.47. The minimum Gasteiger partial charge on any atom is -0.481 e. The molecule has 0 saturated heterocycles. The van der Waals surface area contributed by atoms with Crippen molar-refractivity contribution in [2.75, 3.05) is 0 Å². The van der Waals surface area contributed by atoms with Gasteiger partial charge in [-0.2, -0.15) is 0 Å². The zero-order valence-corrected chi connectivity index (χ0v) is 9.22. The maximum absolute atomic E-state index is 13.3. The normalized spacial score (nSPS) is 12.5. The molecule has 0 aliphatic carbocycles.